The zero-order chi connectivity index (χ0) is 10.8. The minimum Gasteiger partial charge on any atom is -0.355 e. The lowest BCUT2D eigenvalue weighted by Gasteiger charge is -2.17. The van der Waals surface area contributed by atoms with Gasteiger partial charge in [0.25, 0.3) is 5.56 Å². The summed E-state index contributed by atoms with van der Waals surface area (Å²) in [4.78, 5) is 20.3. The predicted octanol–water partition coefficient (Wildman–Crippen LogP) is 1.77. The fourth-order valence-corrected chi connectivity index (χ4v) is 2.42. The summed E-state index contributed by atoms with van der Waals surface area (Å²) in [5.41, 5.74) is -0.111. The number of hydrogen-bond donors (Lipinski definition) is 1. The van der Waals surface area contributed by atoms with Crippen LogP contribution in [0.1, 0.15) is 19.8 Å². The lowest BCUT2D eigenvalue weighted by Crippen LogP contribution is -2.24. The van der Waals surface area contributed by atoms with Crippen molar-refractivity contribution < 1.29 is 0 Å². The Hall–Kier alpha value is -0.840. The van der Waals surface area contributed by atoms with Gasteiger partial charge in [-0.25, -0.2) is 4.98 Å². The molecular weight excluding hydrogens is 258 g/mol. The largest absolute Gasteiger partial charge is 0.355 e. The number of hydrogen-bond acceptors (Lipinski definition) is 3. The first-order valence-electron chi connectivity index (χ1n) is 5.20. The minimum absolute atomic E-state index is 0.111. The van der Waals surface area contributed by atoms with Crippen molar-refractivity contribution in [3.63, 3.8) is 0 Å². The van der Waals surface area contributed by atoms with Gasteiger partial charge in [-0.1, -0.05) is 13.3 Å². The van der Waals surface area contributed by atoms with Crippen LogP contribution < -0.4 is 10.5 Å². The third-order valence-electron chi connectivity index (χ3n) is 2.94. The van der Waals surface area contributed by atoms with Gasteiger partial charge in [-0.3, -0.25) is 4.79 Å². The van der Waals surface area contributed by atoms with E-state index < -0.39 is 0 Å². The molecule has 4 nitrogen and oxygen atoms in total. The molecule has 1 aromatic rings. The van der Waals surface area contributed by atoms with E-state index in [1.54, 1.807) is 0 Å². The molecule has 82 valence electrons. The molecule has 2 rings (SSSR count). The van der Waals surface area contributed by atoms with E-state index in [1.807, 2.05) is 0 Å². The van der Waals surface area contributed by atoms with Crippen LogP contribution in [-0.2, 0) is 0 Å². The van der Waals surface area contributed by atoms with Crippen LogP contribution >= 0.6 is 15.9 Å². The minimum atomic E-state index is -0.111. The Labute approximate surface area is 96.8 Å². The highest BCUT2D eigenvalue weighted by Crippen LogP contribution is 2.27. The highest BCUT2D eigenvalue weighted by molar-refractivity contribution is 9.10. The van der Waals surface area contributed by atoms with Crippen LogP contribution in [0, 0.1) is 5.92 Å². The number of halogens is 1. The lowest BCUT2D eigenvalue weighted by molar-refractivity contribution is 0.568. The highest BCUT2D eigenvalue weighted by atomic mass is 79.9. The Balaban J connectivity index is 2.24. The van der Waals surface area contributed by atoms with Crippen molar-refractivity contribution in [2.45, 2.75) is 19.8 Å². The first kappa shape index (κ1) is 10.7. The van der Waals surface area contributed by atoms with Crippen molar-refractivity contribution in [2.24, 2.45) is 5.92 Å². The molecule has 0 aromatic carbocycles. The van der Waals surface area contributed by atoms with E-state index in [2.05, 4.69) is 37.7 Å². The van der Waals surface area contributed by atoms with Crippen LogP contribution in [0.5, 0.6) is 0 Å². The maximum atomic E-state index is 11.4. The van der Waals surface area contributed by atoms with Crippen molar-refractivity contribution >= 4 is 21.7 Å². The van der Waals surface area contributed by atoms with E-state index in [4.69, 9.17) is 0 Å². The molecule has 1 atom stereocenters. The molecule has 0 radical (unpaired) electrons. The molecule has 1 aliphatic rings. The summed E-state index contributed by atoms with van der Waals surface area (Å²) in [6.07, 6.45) is 3.84. The summed E-state index contributed by atoms with van der Waals surface area (Å²) in [6.45, 7) is 4.20. The topological polar surface area (TPSA) is 49.0 Å². The molecule has 2 heterocycles. The van der Waals surface area contributed by atoms with Gasteiger partial charge in [-0.15, -0.1) is 0 Å². The van der Waals surface area contributed by atoms with Gasteiger partial charge in [-0.2, -0.15) is 0 Å². The van der Waals surface area contributed by atoms with Crippen molar-refractivity contribution in [3.8, 4) is 0 Å². The summed E-state index contributed by atoms with van der Waals surface area (Å²) in [7, 11) is 0. The second-order valence-electron chi connectivity index (χ2n) is 3.88. The Bertz CT molecular complexity index is 404. The van der Waals surface area contributed by atoms with Crippen LogP contribution in [0.25, 0.3) is 0 Å². The molecule has 0 saturated carbocycles. The van der Waals surface area contributed by atoms with E-state index in [-0.39, 0.29) is 5.56 Å². The van der Waals surface area contributed by atoms with Crippen LogP contribution in [0.2, 0.25) is 0 Å². The van der Waals surface area contributed by atoms with Crippen LogP contribution in [0.3, 0.4) is 0 Å². The molecule has 1 unspecified atom stereocenters. The molecule has 5 heteroatoms. The Kier molecular flexibility index (Phi) is 3.09. The van der Waals surface area contributed by atoms with E-state index >= 15 is 0 Å². The second-order valence-corrected chi connectivity index (χ2v) is 4.67. The summed E-state index contributed by atoms with van der Waals surface area (Å²) >= 11 is 3.28. The maximum Gasteiger partial charge on any atom is 0.267 e. The lowest BCUT2D eigenvalue weighted by atomic mass is 10.1. The number of aromatic amines is 1. The second kappa shape index (κ2) is 4.35. The number of H-pyrrole nitrogens is 1. The highest BCUT2D eigenvalue weighted by Gasteiger charge is 2.24. The summed E-state index contributed by atoms with van der Waals surface area (Å²) in [5, 5.41) is 0. The third-order valence-corrected chi connectivity index (χ3v) is 3.66. The Morgan fingerprint density at radius 3 is 3.20 bits per heavy atom. The van der Waals surface area contributed by atoms with Gasteiger partial charge in [-0.05, 0) is 28.3 Å². The number of nitrogens with zero attached hydrogens (tertiary/aromatic N) is 2. The average molecular weight is 272 g/mol. The van der Waals surface area contributed by atoms with Crippen LogP contribution in [0.15, 0.2) is 15.6 Å². The SMILES string of the molecule is CCC1CCN(c2nc[nH]c(=O)c2Br)C1. The Morgan fingerprint density at radius 2 is 2.53 bits per heavy atom. The van der Waals surface area contributed by atoms with Gasteiger partial charge in [0, 0.05) is 13.1 Å². The number of nitrogens with one attached hydrogen (secondary N) is 1. The van der Waals surface area contributed by atoms with Crippen molar-refractivity contribution in [3.05, 3.63) is 21.2 Å². The van der Waals surface area contributed by atoms with E-state index in [0.29, 0.717) is 4.47 Å². The predicted molar refractivity (Wildman–Crippen MR) is 63.2 cm³/mol. The van der Waals surface area contributed by atoms with Crippen LogP contribution in [0.4, 0.5) is 5.82 Å². The average Bonchev–Trinajstić information content (AvgIpc) is 2.70. The Morgan fingerprint density at radius 1 is 1.73 bits per heavy atom. The monoisotopic (exact) mass is 271 g/mol. The molecule has 1 aliphatic heterocycles. The first-order valence-corrected chi connectivity index (χ1v) is 5.99. The van der Waals surface area contributed by atoms with Crippen molar-refractivity contribution in [1.29, 1.82) is 0 Å². The molecule has 15 heavy (non-hydrogen) atoms. The fraction of sp³-hybridized carbons (Fsp3) is 0.600. The molecule has 0 bridgehead atoms. The number of aromatic nitrogens is 2. The molecule has 1 saturated heterocycles. The fourth-order valence-electron chi connectivity index (χ4n) is 1.95. The van der Waals surface area contributed by atoms with E-state index in [0.717, 1.165) is 24.8 Å². The van der Waals surface area contributed by atoms with Gasteiger partial charge in [0.2, 0.25) is 0 Å². The number of anilines is 1. The summed E-state index contributed by atoms with van der Waals surface area (Å²) in [6, 6.07) is 0. The molecule has 1 fully saturated rings. The number of rotatable bonds is 2. The van der Waals surface area contributed by atoms with Gasteiger partial charge in [0.1, 0.15) is 10.3 Å². The van der Waals surface area contributed by atoms with Gasteiger partial charge in [0.05, 0.1) is 6.33 Å². The van der Waals surface area contributed by atoms with Crippen LogP contribution in [-0.4, -0.2) is 23.1 Å². The molecule has 1 N–H and O–H groups in total. The van der Waals surface area contributed by atoms with Gasteiger partial charge < -0.3 is 9.88 Å². The molecule has 0 aliphatic carbocycles. The van der Waals surface area contributed by atoms with Crippen molar-refractivity contribution in [2.75, 3.05) is 18.0 Å². The maximum absolute atomic E-state index is 11.4. The van der Waals surface area contributed by atoms with Gasteiger partial charge in [0.15, 0.2) is 0 Å². The van der Waals surface area contributed by atoms with Gasteiger partial charge >= 0.3 is 0 Å². The summed E-state index contributed by atoms with van der Waals surface area (Å²) < 4.78 is 0.543. The van der Waals surface area contributed by atoms with E-state index in [9.17, 15) is 4.79 Å². The molecule has 0 spiro atoms. The molecule has 0 amide bonds. The van der Waals surface area contributed by atoms with Crippen molar-refractivity contribution in [1.82, 2.24) is 9.97 Å². The zero-order valence-corrected chi connectivity index (χ0v) is 10.2. The first-order chi connectivity index (χ1) is 7.22. The zero-order valence-electron chi connectivity index (χ0n) is 8.66. The third kappa shape index (κ3) is 2.07. The summed E-state index contributed by atoms with van der Waals surface area (Å²) in [5.74, 6) is 1.51. The van der Waals surface area contributed by atoms with E-state index in [1.165, 1.54) is 19.2 Å². The molecular formula is C10H14BrN3O. The normalized spacial score (nSPS) is 20.9. The smallest absolute Gasteiger partial charge is 0.267 e. The molecule has 1 aromatic heterocycles. The quantitative estimate of drug-likeness (QED) is 0.892. The standard InChI is InChI=1S/C10H14BrN3O/c1-2-7-3-4-14(5-7)9-8(11)10(15)13-6-12-9/h6-7H,2-5H2,1H3,(H,12,13,15).